The van der Waals surface area contributed by atoms with Crippen LogP contribution in [0.2, 0.25) is 0 Å². The summed E-state index contributed by atoms with van der Waals surface area (Å²) in [6, 6.07) is 2.39. The standard InChI is InChI=1S/C17H28F3N5O.HI/c1-13(17(18,19)20)24-7-9-25(10-8-24)16(21-2)22-12-14(23(3)4)15-6-5-11-26-15;/h5-6,11,13-14H,7-10,12H2,1-4H3,(H,21,22);1H. The molecule has 1 fully saturated rings. The maximum atomic E-state index is 12.9. The van der Waals surface area contributed by atoms with E-state index in [1.165, 1.54) is 11.8 Å². The van der Waals surface area contributed by atoms with Crippen LogP contribution in [0, 0.1) is 0 Å². The van der Waals surface area contributed by atoms with E-state index in [9.17, 15) is 13.2 Å². The average molecular weight is 503 g/mol. The van der Waals surface area contributed by atoms with Gasteiger partial charge in [0.05, 0.1) is 12.3 Å². The summed E-state index contributed by atoms with van der Waals surface area (Å²) in [5.41, 5.74) is 0. The van der Waals surface area contributed by atoms with E-state index >= 15 is 0 Å². The van der Waals surface area contributed by atoms with Crippen molar-refractivity contribution in [2.24, 2.45) is 4.99 Å². The molecule has 0 aliphatic carbocycles. The molecule has 1 aromatic heterocycles. The van der Waals surface area contributed by atoms with Crippen LogP contribution in [0.4, 0.5) is 13.2 Å². The molecule has 0 saturated carbocycles. The van der Waals surface area contributed by atoms with Crippen molar-refractivity contribution in [3.63, 3.8) is 0 Å². The summed E-state index contributed by atoms with van der Waals surface area (Å²) in [6.45, 7) is 3.54. The zero-order valence-corrected chi connectivity index (χ0v) is 18.5. The third-order valence-corrected chi connectivity index (χ3v) is 4.80. The normalized spacial score (nSPS) is 19.0. The number of nitrogens with zero attached hydrogens (tertiary/aromatic N) is 4. The third-order valence-electron chi connectivity index (χ3n) is 4.80. The van der Waals surface area contributed by atoms with Gasteiger partial charge in [-0.2, -0.15) is 13.2 Å². The Balaban J connectivity index is 0.00000364. The molecule has 1 N–H and O–H groups in total. The number of rotatable bonds is 5. The molecular formula is C17H29F3IN5O. The Bertz CT molecular complexity index is 572. The second-order valence-electron chi connectivity index (χ2n) is 6.66. The Hall–Kier alpha value is -1.01. The highest BCUT2D eigenvalue weighted by atomic mass is 127. The highest BCUT2D eigenvalue weighted by Crippen LogP contribution is 2.25. The molecule has 2 unspecified atom stereocenters. The van der Waals surface area contributed by atoms with E-state index in [1.807, 2.05) is 36.0 Å². The predicted molar refractivity (Wildman–Crippen MR) is 111 cm³/mol. The largest absolute Gasteiger partial charge is 0.468 e. The van der Waals surface area contributed by atoms with Crippen LogP contribution in [0.5, 0.6) is 0 Å². The number of halogens is 4. The summed E-state index contributed by atoms with van der Waals surface area (Å²) in [7, 11) is 5.62. The van der Waals surface area contributed by atoms with Crippen LogP contribution in [-0.2, 0) is 0 Å². The third kappa shape index (κ3) is 6.53. The molecule has 2 atom stereocenters. The van der Waals surface area contributed by atoms with Crippen molar-refractivity contribution in [2.45, 2.75) is 25.2 Å². The first-order chi connectivity index (χ1) is 12.2. The van der Waals surface area contributed by atoms with Gasteiger partial charge >= 0.3 is 6.18 Å². The molecule has 6 nitrogen and oxygen atoms in total. The van der Waals surface area contributed by atoms with E-state index in [2.05, 4.69) is 10.3 Å². The molecular weight excluding hydrogens is 474 g/mol. The first-order valence-corrected chi connectivity index (χ1v) is 8.70. The molecule has 0 spiro atoms. The maximum Gasteiger partial charge on any atom is 0.403 e. The monoisotopic (exact) mass is 503 g/mol. The van der Waals surface area contributed by atoms with Crippen molar-refractivity contribution in [3.05, 3.63) is 24.2 Å². The van der Waals surface area contributed by atoms with Crippen molar-refractivity contribution in [3.8, 4) is 0 Å². The van der Waals surface area contributed by atoms with Gasteiger partial charge in [-0.3, -0.25) is 14.8 Å². The highest BCUT2D eigenvalue weighted by Gasteiger charge is 2.41. The van der Waals surface area contributed by atoms with Gasteiger partial charge in [0.15, 0.2) is 5.96 Å². The van der Waals surface area contributed by atoms with E-state index in [1.54, 1.807) is 13.3 Å². The van der Waals surface area contributed by atoms with Crippen molar-refractivity contribution < 1.29 is 17.6 Å². The number of hydrogen-bond acceptors (Lipinski definition) is 4. The molecule has 1 saturated heterocycles. The Labute approximate surface area is 175 Å². The van der Waals surface area contributed by atoms with Crippen molar-refractivity contribution in [2.75, 3.05) is 53.9 Å². The second-order valence-corrected chi connectivity index (χ2v) is 6.66. The van der Waals surface area contributed by atoms with Gasteiger partial charge < -0.3 is 14.6 Å². The fourth-order valence-corrected chi connectivity index (χ4v) is 3.07. The van der Waals surface area contributed by atoms with Gasteiger partial charge in [0.1, 0.15) is 11.8 Å². The van der Waals surface area contributed by atoms with E-state index in [4.69, 9.17) is 4.42 Å². The Morgan fingerprint density at radius 2 is 1.93 bits per heavy atom. The smallest absolute Gasteiger partial charge is 0.403 e. The highest BCUT2D eigenvalue weighted by molar-refractivity contribution is 14.0. The molecule has 0 amide bonds. The van der Waals surface area contributed by atoms with E-state index < -0.39 is 12.2 Å². The molecule has 1 aromatic rings. The minimum Gasteiger partial charge on any atom is -0.468 e. The number of aliphatic imine (C=N–C) groups is 1. The Kier molecular flexibility index (Phi) is 9.35. The molecule has 10 heteroatoms. The number of furan rings is 1. The molecule has 156 valence electrons. The van der Waals surface area contributed by atoms with Crippen molar-refractivity contribution in [1.82, 2.24) is 20.0 Å². The molecule has 2 heterocycles. The lowest BCUT2D eigenvalue weighted by atomic mass is 10.2. The summed E-state index contributed by atoms with van der Waals surface area (Å²) in [6.07, 6.45) is -2.55. The van der Waals surface area contributed by atoms with Crippen molar-refractivity contribution in [1.29, 1.82) is 0 Å². The molecule has 0 radical (unpaired) electrons. The van der Waals surface area contributed by atoms with Gasteiger partial charge in [-0.05, 0) is 33.2 Å². The lowest BCUT2D eigenvalue weighted by Gasteiger charge is -2.40. The van der Waals surface area contributed by atoms with Gasteiger partial charge in [0.2, 0.25) is 0 Å². The van der Waals surface area contributed by atoms with Crippen LogP contribution in [0.3, 0.4) is 0 Å². The Morgan fingerprint density at radius 1 is 1.30 bits per heavy atom. The number of hydrogen-bond donors (Lipinski definition) is 1. The van der Waals surface area contributed by atoms with Crippen LogP contribution < -0.4 is 5.32 Å². The SMILES string of the molecule is CN=C(NCC(c1ccco1)N(C)C)N1CCN(C(C)C(F)(F)F)CC1.I. The number of nitrogens with one attached hydrogen (secondary N) is 1. The number of guanidine groups is 1. The summed E-state index contributed by atoms with van der Waals surface area (Å²) in [5.74, 6) is 1.55. The van der Waals surface area contributed by atoms with E-state index in [0.29, 0.717) is 38.7 Å². The van der Waals surface area contributed by atoms with Gasteiger partial charge in [-0.25, -0.2) is 0 Å². The first-order valence-electron chi connectivity index (χ1n) is 8.70. The summed E-state index contributed by atoms with van der Waals surface area (Å²) >= 11 is 0. The van der Waals surface area contributed by atoms with Crippen LogP contribution in [-0.4, -0.2) is 86.7 Å². The summed E-state index contributed by atoms with van der Waals surface area (Å²) in [4.78, 5) is 9.79. The molecule has 0 bridgehead atoms. The zero-order chi connectivity index (χ0) is 19.3. The van der Waals surface area contributed by atoms with Gasteiger partial charge in [0, 0.05) is 39.8 Å². The second kappa shape index (κ2) is 10.5. The molecule has 0 aromatic carbocycles. The first kappa shape index (κ1) is 24.0. The average Bonchev–Trinajstić information content (AvgIpc) is 3.11. The zero-order valence-electron chi connectivity index (χ0n) is 16.2. The Morgan fingerprint density at radius 3 is 2.37 bits per heavy atom. The molecule has 27 heavy (non-hydrogen) atoms. The quantitative estimate of drug-likeness (QED) is 0.381. The minimum absolute atomic E-state index is 0. The van der Waals surface area contributed by atoms with Gasteiger partial charge in [-0.15, -0.1) is 24.0 Å². The fourth-order valence-electron chi connectivity index (χ4n) is 3.07. The minimum atomic E-state index is -4.19. The van der Waals surface area contributed by atoms with Crippen molar-refractivity contribution >= 4 is 29.9 Å². The van der Waals surface area contributed by atoms with Crippen LogP contribution >= 0.6 is 24.0 Å². The van der Waals surface area contributed by atoms with Gasteiger partial charge in [0.25, 0.3) is 0 Å². The van der Waals surface area contributed by atoms with E-state index in [0.717, 1.165) is 5.76 Å². The molecule has 2 rings (SSSR count). The number of alkyl halides is 3. The molecule has 1 aliphatic rings. The fraction of sp³-hybridized carbons (Fsp3) is 0.706. The molecule has 1 aliphatic heterocycles. The summed E-state index contributed by atoms with van der Waals surface area (Å²) in [5, 5.41) is 3.32. The predicted octanol–water partition coefficient (Wildman–Crippen LogP) is 2.64. The van der Waals surface area contributed by atoms with Crippen LogP contribution in [0.1, 0.15) is 18.7 Å². The topological polar surface area (TPSA) is 47.3 Å². The van der Waals surface area contributed by atoms with Crippen LogP contribution in [0.25, 0.3) is 0 Å². The number of likely N-dealkylation sites (N-methyl/N-ethyl adjacent to an activating group) is 1. The van der Waals surface area contributed by atoms with E-state index in [-0.39, 0.29) is 30.0 Å². The number of piperazine rings is 1. The summed E-state index contributed by atoms with van der Waals surface area (Å²) < 4.78 is 44.1. The lowest BCUT2D eigenvalue weighted by Crippen LogP contribution is -2.57. The van der Waals surface area contributed by atoms with Gasteiger partial charge in [-0.1, -0.05) is 0 Å². The lowest BCUT2D eigenvalue weighted by molar-refractivity contribution is -0.181. The maximum absolute atomic E-state index is 12.9. The van der Waals surface area contributed by atoms with Crippen LogP contribution in [0.15, 0.2) is 27.8 Å².